The van der Waals surface area contributed by atoms with Crippen LogP contribution in [0.3, 0.4) is 0 Å². The standard InChI is InChI=1S/C16H18F3NO4S/c17-16(18,19)25(23,24)13-3-1-2-11(7-13)6-12-4-5-15(8-12)9-20(10-15)14(21)22/h1-3,7,12H,4-6,8-10H2,(H,21,22). The Bertz CT molecular complexity index is 785. The lowest BCUT2D eigenvalue weighted by atomic mass is 9.77. The Hall–Kier alpha value is -1.77. The summed E-state index contributed by atoms with van der Waals surface area (Å²) >= 11 is 0. The zero-order valence-electron chi connectivity index (χ0n) is 13.3. The highest BCUT2D eigenvalue weighted by Crippen LogP contribution is 2.49. The maximum atomic E-state index is 12.7. The van der Waals surface area contributed by atoms with Crippen LogP contribution in [0.5, 0.6) is 0 Å². The summed E-state index contributed by atoms with van der Waals surface area (Å²) in [6.45, 7) is 1.00. The summed E-state index contributed by atoms with van der Waals surface area (Å²) in [4.78, 5) is 11.5. The van der Waals surface area contributed by atoms with E-state index in [9.17, 15) is 26.4 Å². The largest absolute Gasteiger partial charge is 0.501 e. The second-order valence-electron chi connectivity index (χ2n) is 7.05. The number of hydrogen-bond acceptors (Lipinski definition) is 3. The summed E-state index contributed by atoms with van der Waals surface area (Å²) in [5, 5.41) is 8.93. The van der Waals surface area contributed by atoms with E-state index in [0.717, 1.165) is 31.4 Å². The second-order valence-corrected chi connectivity index (χ2v) is 8.99. The lowest BCUT2D eigenvalue weighted by Gasteiger charge is -2.46. The molecule has 1 saturated heterocycles. The fraction of sp³-hybridized carbons (Fsp3) is 0.562. The Kier molecular flexibility index (Phi) is 4.25. The van der Waals surface area contributed by atoms with Crippen LogP contribution in [0, 0.1) is 11.3 Å². The zero-order chi connectivity index (χ0) is 18.5. The summed E-state index contributed by atoms with van der Waals surface area (Å²) in [6, 6.07) is 5.01. The van der Waals surface area contributed by atoms with Gasteiger partial charge in [-0.25, -0.2) is 13.2 Å². The maximum absolute atomic E-state index is 12.7. The maximum Gasteiger partial charge on any atom is 0.501 e. The molecule has 1 N–H and O–H groups in total. The number of hydrogen-bond donors (Lipinski definition) is 1. The van der Waals surface area contributed by atoms with Gasteiger partial charge in [-0.05, 0) is 49.3 Å². The highest BCUT2D eigenvalue weighted by atomic mass is 32.2. The van der Waals surface area contributed by atoms with Crippen molar-refractivity contribution in [1.29, 1.82) is 0 Å². The van der Waals surface area contributed by atoms with Crippen molar-refractivity contribution in [2.75, 3.05) is 13.1 Å². The van der Waals surface area contributed by atoms with Crippen LogP contribution in [-0.2, 0) is 16.3 Å². The number of sulfone groups is 1. The summed E-state index contributed by atoms with van der Waals surface area (Å²) < 4.78 is 61.0. The van der Waals surface area contributed by atoms with Gasteiger partial charge in [0.2, 0.25) is 0 Å². The van der Waals surface area contributed by atoms with Gasteiger partial charge >= 0.3 is 11.6 Å². The first-order valence-corrected chi connectivity index (χ1v) is 9.39. The molecule has 1 aromatic rings. The Morgan fingerprint density at radius 2 is 2.00 bits per heavy atom. The molecule has 9 heteroatoms. The van der Waals surface area contributed by atoms with E-state index >= 15 is 0 Å². The van der Waals surface area contributed by atoms with E-state index in [1.807, 2.05) is 0 Å². The third-order valence-electron chi connectivity index (χ3n) is 5.17. The molecule has 1 saturated carbocycles. The molecule has 1 aromatic carbocycles. The van der Waals surface area contributed by atoms with Gasteiger partial charge in [0, 0.05) is 18.5 Å². The summed E-state index contributed by atoms with van der Waals surface area (Å²) in [6.07, 6.45) is 2.13. The van der Waals surface area contributed by atoms with Crippen LogP contribution in [0.1, 0.15) is 24.8 Å². The van der Waals surface area contributed by atoms with Crippen molar-refractivity contribution >= 4 is 15.9 Å². The van der Waals surface area contributed by atoms with Crippen LogP contribution in [-0.4, -0.2) is 43.1 Å². The molecule has 3 rings (SSSR count). The number of nitrogens with zero attached hydrogens (tertiary/aromatic N) is 1. The van der Waals surface area contributed by atoms with Crippen molar-refractivity contribution in [3.63, 3.8) is 0 Å². The van der Waals surface area contributed by atoms with Gasteiger partial charge in [-0.15, -0.1) is 0 Å². The molecule has 1 spiro atoms. The fourth-order valence-corrected chi connectivity index (χ4v) is 4.83. The average molecular weight is 377 g/mol. The third kappa shape index (κ3) is 3.33. The monoisotopic (exact) mass is 377 g/mol. The lowest BCUT2D eigenvalue weighted by Crippen LogP contribution is -2.56. The second kappa shape index (κ2) is 5.89. The number of likely N-dealkylation sites (tertiary alicyclic amines) is 1. The smallest absolute Gasteiger partial charge is 0.465 e. The van der Waals surface area contributed by atoms with Crippen molar-refractivity contribution < 1.29 is 31.5 Å². The van der Waals surface area contributed by atoms with Crippen molar-refractivity contribution in [3.8, 4) is 0 Å². The molecule has 1 aliphatic heterocycles. The van der Waals surface area contributed by atoms with E-state index in [-0.39, 0.29) is 11.3 Å². The molecule has 1 aliphatic carbocycles. The minimum Gasteiger partial charge on any atom is -0.465 e. The van der Waals surface area contributed by atoms with Crippen LogP contribution in [0.15, 0.2) is 29.2 Å². The summed E-state index contributed by atoms with van der Waals surface area (Å²) in [5.74, 6) is 0.222. The molecule has 1 amide bonds. The molecule has 1 atom stereocenters. The minimum absolute atomic E-state index is 0.0152. The van der Waals surface area contributed by atoms with Gasteiger partial charge in [-0.1, -0.05) is 12.1 Å². The number of alkyl halides is 3. The topological polar surface area (TPSA) is 74.7 Å². The zero-order valence-corrected chi connectivity index (χ0v) is 14.1. The fourth-order valence-electron chi connectivity index (χ4n) is 3.99. The summed E-state index contributed by atoms with van der Waals surface area (Å²) in [7, 11) is -5.34. The molecule has 0 aromatic heterocycles. The molecular weight excluding hydrogens is 359 g/mol. The van der Waals surface area contributed by atoms with E-state index in [4.69, 9.17) is 5.11 Å². The molecule has 25 heavy (non-hydrogen) atoms. The van der Waals surface area contributed by atoms with E-state index in [1.54, 1.807) is 6.07 Å². The highest BCUT2D eigenvalue weighted by molar-refractivity contribution is 7.92. The number of benzene rings is 1. The van der Waals surface area contributed by atoms with Gasteiger partial charge in [0.25, 0.3) is 9.84 Å². The first-order valence-electron chi connectivity index (χ1n) is 7.91. The number of carboxylic acid groups (broad SMARTS) is 1. The molecule has 5 nitrogen and oxygen atoms in total. The molecule has 2 fully saturated rings. The number of halogens is 3. The quantitative estimate of drug-likeness (QED) is 0.877. The van der Waals surface area contributed by atoms with Crippen LogP contribution in [0.2, 0.25) is 0 Å². The van der Waals surface area contributed by atoms with Crippen molar-refractivity contribution in [2.24, 2.45) is 11.3 Å². The van der Waals surface area contributed by atoms with Crippen molar-refractivity contribution in [2.45, 2.75) is 36.1 Å². The summed E-state index contributed by atoms with van der Waals surface area (Å²) in [5.41, 5.74) is -4.77. The first-order chi connectivity index (χ1) is 11.5. The van der Waals surface area contributed by atoms with E-state index < -0.39 is 26.3 Å². The number of rotatable bonds is 3. The SMILES string of the molecule is O=C(O)N1CC2(CCC(Cc3cccc(S(=O)(=O)C(F)(F)F)c3)C2)C1. The van der Waals surface area contributed by atoms with Crippen molar-refractivity contribution in [3.05, 3.63) is 29.8 Å². The first kappa shape index (κ1) is 18.0. The van der Waals surface area contributed by atoms with E-state index in [2.05, 4.69) is 0 Å². The highest BCUT2D eigenvalue weighted by Gasteiger charge is 2.50. The average Bonchev–Trinajstić information content (AvgIpc) is 2.89. The Balaban J connectivity index is 1.67. The van der Waals surface area contributed by atoms with Gasteiger partial charge in [-0.3, -0.25) is 0 Å². The van der Waals surface area contributed by atoms with Crippen LogP contribution >= 0.6 is 0 Å². The minimum atomic E-state index is -5.34. The number of amides is 1. The number of carbonyl (C=O) groups is 1. The Morgan fingerprint density at radius 1 is 1.32 bits per heavy atom. The predicted molar refractivity (Wildman–Crippen MR) is 82.8 cm³/mol. The normalized spacial score (nSPS) is 22.8. The van der Waals surface area contributed by atoms with Crippen LogP contribution in [0.4, 0.5) is 18.0 Å². The van der Waals surface area contributed by atoms with Crippen LogP contribution in [0.25, 0.3) is 0 Å². The predicted octanol–water partition coefficient (Wildman–Crippen LogP) is 3.30. The molecule has 0 bridgehead atoms. The molecule has 1 unspecified atom stereocenters. The molecule has 138 valence electrons. The van der Waals surface area contributed by atoms with Gasteiger partial charge in [0.15, 0.2) is 0 Å². The third-order valence-corrected chi connectivity index (χ3v) is 6.65. The molecule has 2 aliphatic rings. The molecular formula is C16H18F3NO4S. The van der Waals surface area contributed by atoms with Gasteiger partial charge in [-0.2, -0.15) is 13.2 Å². The van der Waals surface area contributed by atoms with Crippen molar-refractivity contribution in [1.82, 2.24) is 4.90 Å². The molecule has 0 radical (unpaired) electrons. The Morgan fingerprint density at radius 3 is 2.60 bits per heavy atom. The van der Waals surface area contributed by atoms with E-state index in [1.165, 1.54) is 11.0 Å². The van der Waals surface area contributed by atoms with Gasteiger partial charge in [0.05, 0.1) is 4.90 Å². The van der Waals surface area contributed by atoms with Crippen LogP contribution < -0.4 is 0 Å². The Labute approximate surface area is 143 Å². The van der Waals surface area contributed by atoms with Gasteiger partial charge < -0.3 is 10.0 Å². The molecule has 1 heterocycles. The van der Waals surface area contributed by atoms with E-state index in [0.29, 0.717) is 25.1 Å². The van der Waals surface area contributed by atoms with Gasteiger partial charge in [0.1, 0.15) is 0 Å². The lowest BCUT2D eigenvalue weighted by molar-refractivity contribution is -0.0436.